The van der Waals surface area contributed by atoms with Gasteiger partial charge in [-0.1, -0.05) is 26.8 Å². The highest BCUT2D eigenvalue weighted by Gasteiger charge is 2.43. The fourth-order valence-electron chi connectivity index (χ4n) is 1.61. The second-order valence-corrected chi connectivity index (χ2v) is 11.2. The van der Waals surface area contributed by atoms with Gasteiger partial charge < -0.3 is 9.53 Å². The van der Waals surface area contributed by atoms with Gasteiger partial charge in [-0.05, 0) is 31.1 Å². The summed E-state index contributed by atoms with van der Waals surface area (Å²) in [6.07, 6.45) is 3.62. The van der Waals surface area contributed by atoms with E-state index in [2.05, 4.69) is 33.9 Å². The van der Waals surface area contributed by atoms with Crippen LogP contribution in [-0.2, 0) is 9.22 Å². The fourth-order valence-corrected chi connectivity index (χ4v) is 2.88. The zero-order valence-corrected chi connectivity index (χ0v) is 12.7. The average Bonchev–Trinajstić information content (AvgIpc) is 2.46. The Morgan fingerprint density at radius 2 is 2.00 bits per heavy atom. The smallest absolute Gasteiger partial charge is 0.192 e. The number of rotatable bonds is 3. The molecule has 0 fully saturated rings. The first-order valence-corrected chi connectivity index (χ1v) is 8.99. The molecule has 1 N–H and O–H groups in total. The van der Waals surface area contributed by atoms with Gasteiger partial charge in [-0.3, -0.25) is 4.79 Å². The van der Waals surface area contributed by atoms with Gasteiger partial charge in [0.1, 0.15) is 5.60 Å². The number of Topliss-reactive ketones (excluding diaryl/α,β-unsaturated/α-hetero) is 1. The molecule has 0 aromatic rings. The maximum atomic E-state index is 11.3. The van der Waals surface area contributed by atoms with E-state index in [4.69, 9.17) is 4.43 Å². The Kier molecular flexibility index (Phi) is 3.73. The maximum Gasteiger partial charge on any atom is 0.192 e. The number of ketones is 1. The van der Waals surface area contributed by atoms with Crippen LogP contribution in [0.25, 0.3) is 0 Å². The number of carbonyl (C=O) groups is 1. The fraction of sp³-hybridized carbons (Fsp3) is 0.769. The highest BCUT2D eigenvalue weighted by Crippen LogP contribution is 2.39. The number of carbonyl (C=O) groups excluding carboxylic acids is 1. The Hall–Kier alpha value is -0.453. The van der Waals surface area contributed by atoms with Gasteiger partial charge in [-0.15, -0.1) is 0 Å². The van der Waals surface area contributed by atoms with E-state index < -0.39 is 13.9 Å². The standard InChI is InChI=1S/C13H24O3Si/c1-10(14)13(15)8-7-11(9-13)16-17(5,6)12(2,3)4/h7-8,11,15H,9H2,1-6H3/t11-,13-/m1/s1. The zero-order valence-electron chi connectivity index (χ0n) is 11.7. The van der Waals surface area contributed by atoms with Gasteiger partial charge >= 0.3 is 0 Å². The topological polar surface area (TPSA) is 46.5 Å². The molecule has 0 unspecified atom stereocenters. The van der Waals surface area contributed by atoms with E-state index in [0.29, 0.717) is 6.42 Å². The van der Waals surface area contributed by atoms with E-state index in [1.54, 1.807) is 6.08 Å². The molecule has 0 heterocycles. The lowest BCUT2D eigenvalue weighted by Gasteiger charge is -2.38. The third-order valence-corrected chi connectivity index (χ3v) is 8.47. The molecule has 4 heteroatoms. The Bertz CT molecular complexity index is 341. The van der Waals surface area contributed by atoms with E-state index in [1.807, 2.05) is 6.08 Å². The van der Waals surface area contributed by atoms with Crippen LogP contribution >= 0.6 is 0 Å². The van der Waals surface area contributed by atoms with Crippen molar-refractivity contribution in [2.45, 2.75) is 64.0 Å². The van der Waals surface area contributed by atoms with Gasteiger partial charge in [0.2, 0.25) is 0 Å². The first-order chi connectivity index (χ1) is 7.48. The molecular weight excluding hydrogens is 232 g/mol. The van der Waals surface area contributed by atoms with Crippen molar-refractivity contribution in [3.63, 3.8) is 0 Å². The number of hydrogen-bond acceptors (Lipinski definition) is 3. The summed E-state index contributed by atoms with van der Waals surface area (Å²) in [5.74, 6) is -0.213. The Balaban J connectivity index is 2.70. The lowest BCUT2D eigenvalue weighted by atomic mass is 9.99. The monoisotopic (exact) mass is 256 g/mol. The first kappa shape index (κ1) is 14.6. The predicted molar refractivity (Wildman–Crippen MR) is 71.5 cm³/mol. The van der Waals surface area contributed by atoms with Crippen molar-refractivity contribution in [3.05, 3.63) is 12.2 Å². The summed E-state index contributed by atoms with van der Waals surface area (Å²) in [5, 5.41) is 10.2. The van der Waals surface area contributed by atoms with Crippen LogP contribution in [0, 0.1) is 0 Å². The van der Waals surface area contributed by atoms with Crippen molar-refractivity contribution in [3.8, 4) is 0 Å². The van der Waals surface area contributed by atoms with Gasteiger partial charge in [0.15, 0.2) is 14.1 Å². The van der Waals surface area contributed by atoms with Gasteiger partial charge in [-0.2, -0.15) is 0 Å². The summed E-state index contributed by atoms with van der Waals surface area (Å²) < 4.78 is 6.15. The SMILES string of the molecule is CC(=O)[C@@]1(O)C=C[C@@H](O[Si](C)(C)C(C)(C)C)C1. The van der Waals surface area contributed by atoms with Crippen molar-refractivity contribution < 1.29 is 14.3 Å². The average molecular weight is 256 g/mol. The summed E-state index contributed by atoms with van der Waals surface area (Å²) in [5.41, 5.74) is -1.31. The van der Waals surface area contributed by atoms with E-state index in [-0.39, 0.29) is 16.9 Å². The van der Waals surface area contributed by atoms with Crippen LogP contribution in [-0.4, -0.2) is 30.9 Å². The molecule has 0 saturated carbocycles. The quantitative estimate of drug-likeness (QED) is 0.624. The molecule has 0 aliphatic heterocycles. The van der Waals surface area contributed by atoms with Crippen molar-refractivity contribution >= 4 is 14.1 Å². The zero-order chi connectivity index (χ0) is 13.5. The highest BCUT2D eigenvalue weighted by atomic mass is 28.4. The molecule has 0 aromatic heterocycles. The minimum atomic E-state index is -1.84. The van der Waals surface area contributed by atoms with Crippen LogP contribution in [0.2, 0.25) is 18.1 Å². The predicted octanol–water partition coefficient (Wildman–Crippen LogP) is 2.66. The summed E-state index contributed by atoms with van der Waals surface area (Å²) >= 11 is 0. The lowest BCUT2D eigenvalue weighted by molar-refractivity contribution is -0.131. The van der Waals surface area contributed by atoms with Crippen molar-refractivity contribution in [1.82, 2.24) is 0 Å². The van der Waals surface area contributed by atoms with E-state index >= 15 is 0 Å². The van der Waals surface area contributed by atoms with Crippen LogP contribution in [0.5, 0.6) is 0 Å². The van der Waals surface area contributed by atoms with Crippen molar-refractivity contribution in [2.24, 2.45) is 0 Å². The van der Waals surface area contributed by atoms with E-state index in [9.17, 15) is 9.90 Å². The Morgan fingerprint density at radius 3 is 2.35 bits per heavy atom. The summed E-state index contributed by atoms with van der Waals surface area (Å²) in [6, 6.07) is 0. The Morgan fingerprint density at radius 1 is 1.47 bits per heavy atom. The minimum Gasteiger partial charge on any atom is -0.410 e. The molecule has 3 nitrogen and oxygen atoms in total. The molecule has 1 aliphatic rings. The molecule has 0 spiro atoms. The van der Waals surface area contributed by atoms with E-state index in [0.717, 1.165) is 0 Å². The van der Waals surface area contributed by atoms with Crippen LogP contribution in [0.4, 0.5) is 0 Å². The number of aliphatic hydroxyl groups is 1. The second-order valence-electron chi connectivity index (χ2n) is 6.46. The van der Waals surface area contributed by atoms with Crippen LogP contribution in [0.15, 0.2) is 12.2 Å². The minimum absolute atomic E-state index is 0.134. The van der Waals surface area contributed by atoms with Gasteiger partial charge in [0, 0.05) is 6.42 Å². The molecule has 1 rings (SSSR count). The van der Waals surface area contributed by atoms with Gasteiger partial charge in [0.05, 0.1) is 6.10 Å². The maximum absolute atomic E-state index is 11.3. The molecular formula is C13H24O3Si. The normalized spacial score (nSPS) is 29.7. The van der Waals surface area contributed by atoms with Crippen LogP contribution in [0.3, 0.4) is 0 Å². The van der Waals surface area contributed by atoms with Gasteiger partial charge in [0.25, 0.3) is 0 Å². The summed E-state index contributed by atoms with van der Waals surface area (Å²) in [6.45, 7) is 12.3. The van der Waals surface area contributed by atoms with Gasteiger partial charge in [-0.25, -0.2) is 0 Å². The Labute approximate surface area is 105 Å². The molecule has 0 saturated heterocycles. The van der Waals surface area contributed by atoms with E-state index in [1.165, 1.54) is 6.92 Å². The third kappa shape index (κ3) is 3.06. The second kappa shape index (κ2) is 4.34. The first-order valence-electron chi connectivity index (χ1n) is 6.08. The molecule has 1 aliphatic carbocycles. The molecule has 0 radical (unpaired) electrons. The number of hydrogen-bond donors (Lipinski definition) is 1. The molecule has 17 heavy (non-hydrogen) atoms. The molecule has 98 valence electrons. The third-order valence-electron chi connectivity index (χ3n) is 3.96. The largest absolute Gasteiger partial charge is 0.410 e. The molecule has 2 atom stereocenters. The van der Waals surface area contributed by atoms with Crippen LogP contribution < -0.4 is 0 Å². The highest BCUT2D eigenvalue weighted by molar-refractivity contribution is 6.74. The molecule has 0 aromatic carbocycles. The molecule has 0 bridgehead atoms. The lowest BCUT2D eigenvalue weighted by Crippen LogP contribution is -2.44. The van der Waals surface area contributed by atoms with Crippen LogP contribution in [0.1, 0.15) is 34.1 Å². The molecule has 0 amide bonds. The van der Waals surface area contributed by atoms with Crippen molar-refractivity contribution in [2.75, 3.05) is 0 Å². The summed E-state index contributed by atoms with van der Waals surface area (Å²) in [4.78, 5) is 11.3. The summed E-state index contributed by atoms with van der Waals surface area (Å²) in [7, 11) is -1.84. The van der Waals surface area contributed by atoms with Crippen molar-refractivity contribution in [1.29, 1.82) is 0 Å².